The quantitative estimate of drug-likeness (QED) is 0.691. The summed E-state index contributed by atoms with van der Waals surface area (Å²) in [6.45, 7) is 4.26. The third kappa shape index (κ3) is 2.56. The summed E-state index contributed by atoms with van der Waals surface area (Å²) in [5.74, 6) is 0.522. The Labute approximate surface area is 85.5 Å². The van der Waals surface area contributed by atoms with E-state index >= 15 is 0 Å². The Kier molecular flexibility index (Phi) is 4.11. The molecule has 14 heavy (non-hydrogen) atoms. The van der Waals surface area contributed by atoms with Crippen LogP contribution in [0.1, 0.15) is 46.0 Å². The molecule has 1 aliphatic rings. The van der Waals surface area contributed by atoms with Gasteiger partial charge in [-0.2, -0.15) is 0 Å². The number of carbonyl (C=O) groups is 2. The summed E-state index contributed by atoms with van der Waals surface area (Å²) in [5, 5.41) is 0. The number of hydrogen-bond acceptors (Lipinski definition) is 2. The van der Waals surface area contributed by atoms with E-state index in [-0.39, 0.29) is 11.8 Å². The molecule has 0 aromatic rings. The fraction of sp³-hybridized carbons (Fsp3) is 0.818. The minimum absolute atomic E-state index is 0.0243. The number of carbonyl (C=O) groups excluding carboxylic acids is 2. The first-order chi connectivity index (χ1) is 6.69. The summed E-state index contributed by atoms with van der Waals surface area (Å²) in [6, 6.07) is 0. The van der Waals surface area contributed by atoms with Gasteiger partial charge in [0.25, 0.3) is 0 Å². The minimum atomic E-state index is -0.0243. The molecule has 3 nitrogen and oxygen atoms in total. The predicted molar refractivity (Wildman–Crippen MR) is 54.6 cm³/mol. The Hall–Kier alpha value is -0.860. The lowest BCUT2D eigenvalue weighted by Crippen LogP contribution is -2.41. The van der Waals surface area contributed by atoms with Crippen molar-refractivity contribution in [3.63, 3.8) is 0 Å². The maximum absolute atomic E-state index is 11.5. The van der Waals surface area contributed by atoms with E-state index in [0.717, 1.165) is 0 Å². The molecule has 0 aliphatic heterocycles. The Bertz CT molecular complexity index is 205. The average Bonchev–Trinajstić information content (AvgIpc) is 2.14. The summed E-state index contributed by atoms with van der Waals surface area (Å²) in [6.07, 6.45) is 4.45. The van der Waals surface area contributed by atoms with Crippen LogP contribution in [0, 0.1) is 5.92 Å². The third-order valence-electron chi connectivity index (χ3n) is 2.87. The molecule has 0 aromatic carbocycles. The van der Waals surface area contributed by atoms with E-state index < -0.39 is 0 Å². The van der Waals surface area contributed by atoms with Crippen molar-refractivity contribution >= 4 is 11.8 Å². The summed E-state index contributed by atoms with van der Waals surface area (Å²) in [5.41, 5.74) is 0. The topological polar surface area (TPSA) is 37.4 Å². The third-order valence-corrected chi connectivity index (χ3v) is 2.87. The van der Waals surface area contributed by atoms with E-state index in [9.17, 15) is 9.59 Å². The van der Waals surface area contributed by atoms with Crippen LogP contribution in [0.5, 0.6) is 0 Å². The lowest BCUT2D eigenvalue weighted by molar-refractivity contribution is -0.145. The fourth-order valence-corrected chi connectivity index (χ4v) is 1.66. The highest BCUT2D eigenvalue weighted by molar-refractivity contribution is 5.95. The molecule has 1 rings (SSSR count). The van der Waals surface area contributed by atoms with Gasteiger partial charge in [-0.15, -0.1) is 0 Å². The molecule has 0 spiro atoms. The maximum atomic E-state index is 11.5. The van der Waals surface area contributed by atoms with E-state index in [0.29, 0.717) is 25.3 Å². The van der Waals surface area contributed by atoms with E-state index in [2.05, 4.69) is 0 Å². The minimum Gasteiger partial charge on any atom is -0.282 e. The summed E-state index contributed by atoms with van der Waals surface area (Å²) >= 11 is 0. The Balaban J connectivity index is 2.51. The largest absolute Gasteiger partial charge is 0.282 e. The summed E-state index contributed by atoms with van der Waals surface area (Å²) < 4.78 is 0. The monoisotopic (exact) mass is 197 g/mol. The molecule has 1 saturated carbocycles. The van der Waals surface area contributed by atoms with Crippen molar-refractivity contribution in [3.8, 4) is 0 Å². The maximum Gasteiger partial charge on any atom is 0.228 e. The van der Waals surface area contributed by atoms with Crippen LogP contribution in [0.25, 0.3) is 0 Å². The second-order valence-electron chi connectivity index (χ2n) is 3.90. The molecule has 0 saturated heterocycles. The number of imide groups is 1. The van der Waals surface area contributed by atoms with Crippen LogP contribution in [0.15, 0.2) is 0 Å². The molecule has 1 aliphatic carbocycles. The fourth-order valence-electron chi connectivity index (χ4n) is 1.66. The van der Waals surface area contributed by atoms with Gasteiger partial charge in [0.05, 0.1) is 0 Å². The van der Waals surface area contributed by atoms with Gasteiger partial charge in [-0.3, -0.25) is 14.5 Å². The van der Waals surface area contributed by atoms with Crippen LogP contribution >= 0.6 is 0 Å². The van der Waals surface area contributed by atoms with Crippen LogP contribution in [-0.2, 0) is 9.59 Å². The van der Waals surface area contributed by atoms with Gasteiger partial charge in [-0.25, -0.2) is 0 Å². The second kappa shape index (κ2) is 5.13. The molecule has 0 unspecified atom stereocenters. The molecule has 0 atom stereocenters. The standard InChI is InChI=1S/C11H19NO2/c1-3-10(13)12(11(14)4-2)8-9-6-5-7-9/h9H,3-8H2,1-2H3. The van der Waals surface area contributed by atoms with Crippen molar-refractivity contribution in [2.75, 3.05) is 6.54 Å². The zero-order valence-corrected chi connectivity index (χ0v) is 9.08. The second-order valence-corrected chi connectivity index (χ2v) is 3.90. The zero-order valence-electron chi connectivity index (χ0n) is 9.08. The highest BCUT2D eigenvalue weighted by Gasteiger charge is 2.25. The molecular formula is C11H19NO2. The normalized spacial score (nSPS) is 16.1. The van der Waals surface area contributed by atoms with E-state index in [1.807, 2.05) is 0 Å². The van der Waals surface area contributed by atoms with Crippen LogP contribution in [0.4, 0.5) is 0 Å². The van der Waals surface area contributed by atoms with Crippen LogP contribution < -0.4 is 0 Å². The Morgan fingerprint density at radius 2 is 1.64 bits per heavy atom. The first-order valence-corrected chi connectivity index (χ1v) is 5.52. The smallest absolute Gasteiger partial charge is 0.228 e. The van der Waals surface area contributed by atoms with Crippen molar-refractivity contribution in [1.82, 2.24) is 4.90 Å². The molecule has 2 amide bonds. The summed E-state index contributed by atoms with van der Waals surface area (Å²) in [7, 11) is 0. The Morgan fingerprint density at radius 3 is 1.93 bits per heavy atom. The molecule has 0 bridgehead atoms. The van der Waals surface area contributed by atoms with Gasteiger partial charge >= 0.3 is 0 Å². The van der Waals surface area contributed by atoms with Gasteiger partial charge in [-0.05, 0) is 18.8 Å². The van der Waals surface area contributed by atoms with Crippen LogP contribution in [-0.4, -0.2) is 23.3 Å². The SMILES string of the molecule is CCC(=O)N(CC1CCC1)C(=O)CC. The first kappa shape index (κ1) is 11.2. The van der Waals surface area contributed by atoms with Gasteiger partial charge in [0.1, 0.15) is 0 Å². The molecule has 0 radical (unpaired) electrons. The van der Waals surface area contributed by atoms with E-state index in [1.54, 1.807) is 13.8 Å². The molecule has 80 valence electrons. The van der Waals surface area contributed by atoms with Gasteiger partial charge in [-0.1, -0.05) is 20.3 Å². The molecule has 0 heterocycles. The number of nitrogens with zero attached hydrogens (tertiary/aromatic N) is 1. The van der Waals surface area contributed by atoms with Gasteiger partial charge in [0.15, 0.2) is 0 Å². The lowest BCUT2D eigenvalue weighted by atomic mass is 9.85. The van der Waals surface area contributed by atoms with Crippen molar-refractivity contribution in [2.24, 2.45) is 5.92 Å². The number of amides is 2. The molecule has 3 heteroatoms. The first-order valence-electron chi connectivity index (χ1n) is 5.52. The van der Waals surface area contributed by atoms with Crippen LogP contribution in [0.2, 0.25) is 0 Å². The number of hydrogen-bond donors (Lipinski definition) is 0. The van der Waals surface area contributed by atoms with Crippen molar-refractivity contribution in [2.45, 2.75) is 46.0 Å². The van der Waals surface area contributed by atoms with Crippen molar-refractivity contribution in [3.05, 3.63) is 0 Å². The van der Waals surface area contributed by atoms with Gasteiger partial charge in [0, 0.05) is 19.4 Å². The number of rotatable bonds is 4. The summed E-state index contributed by atoms with van der Waals surface area (Å²) in [4.78, 5) is 24.4. The molecular weight excluding hydrogens is 178 g/mol. The van der Waals surface area contributed by atoms with Gasteiger partial charge < -0.3 is 0 Å². The lowest BCUT2D eigenvalue weighted by Gasteiger charge is -2.31. The predicted octanol–water partition coefficient (Wildman–Crippen LogP) is 1.96. The van der Waals surface area contributed by atoms with E-state index in [4.69, 9.17) is 0 Å². The van der Waals surface area contributed by atoms with Gasteiger partial charge in [0.2, 0.25) is 11.8 Å². The highest BCUT2D eigenvalue weighted by Crippen LogP contribution is 2.27. The molecule has 0 N–H and O–H groups in total. The molecule has 1 fully saturated rings. The van der Waals surface area contributed by atoms with E-state index in [1.165, 1.54) is 24.2 Å². The van der Waals surface area contributed by atoms with Crippen molar-refractivity contribution < 1.29 is 9.59 Å². The zero-order chi connectivity index (χ0) is 10.6. The Morgan fingerprint density at radius 1 is 1.14 bits per heavy atom. The average molecular weight is 197 g/mol. The molecule has 0 aromatic heterocycles. The van der Waals surface area contributed by atoms with Crippen molar-refractivity contribution in [1.29, 1.82) is 0 Å². The van der Waals surface area contributed by atoms with Crippen LogP contribution in [0.3, 0.4) is 0 Å². The highest BCUT2D eigenvalue weighted by atomic mass is 16.2.